The van der Waals surface area contributed by atoms with Gasteiger partial charge in [-0.3, -0.25) is 29.0 Å². The average molecular weight is 657 g/mol. The van der Waals surface area contributed by atoms with E-state index in [9.17, 15) is 39.6 Å². The van der Waals surface area contributed by atoms with Gasteiger partial charge in [0.15, 0.2) is 11.4 Å². The normalized spacial score (nSPS) is 26.4. The highest BCUT2D eigenvalue weighted by Crippen LogP contribution is 2.54. The van der Waals surface area contributed by atoms with E-state index in [0.29, 0.717) is 11.3 Å². The van der Waals surface area contributed by atoms with Crippen LogP contribution in [0.4, 0.5) is 11.4 Å². The van der Waals surface area contributed by atoms with Crippen LogP contribution in [0.5, 0.6) is 5.75 Å². The Morgan fingerprint density at radius 3 is 2.25 bits per heavy atom. The summed E-state index contributed by atoms with van der Waals surface area (Å²) in [5.74, 6) is -7.57. The Labute approximate surface area is 267 Å². The SMILES string of the molecule is CN(C)c1cc(NC(=O)CN2CCCC2)c(O)c2c1CC1CC3[C@H](N(C)C)C(=O)C(C(N)=O)=C(O)[C@@]3(O)C(=O)C1=C2O.Cl.Cl. The number of likely N-dealkylation sites (N-methyl/N-ethyl adjacent to an activating group) is 1. The fraction of sp³-hybridized carbons (Fsp3) is 0.517. The van der Waals surface area contributed by atoms with Gasteiger partial charge in [0.25, 0.3) is 5.91 Å². The number of fused-ring (bicyclic) bond motifs is 3. The van der Waals surface area contributed by atoms with Gasteiger partial charge >= 0.3 is 0 Å². The van der Waals surface area contributed by atoms with Crippen LogP contribution in [0.15, 0.2) is 23.0 Å². The molecular formula is C29H39Cl2N5O8. The van der Waals surface area contributed by atoms with Crippen molar-refractivity contribution in [2.24, 2.45) is 17.6 Å². The summed E-state index contributed by atoms with van der Waals surface area (Å²) in [6, 6.07) is 0.452. The molecule has 5 rings (SSSR count). The van der Waals surface area contributed by atoms with E-state index < -0.39 is 63.8 Å². The van der Waals surface area contributed by atoms with E-state index in [1.54, 1.807) is 39.2 Å². The maximum absolute atomic E-state index is 14.1. The first-order chi connectivity index (χ1) is 19.7. The number of primary amides is 1. The first-order valence-corrected chi connectivity index (χ1v) is 13.9. The molecule has 0 spiro atoms. The highest BCUT2D eigenvalue weighted by Gasteiger charge is 2.64. The number of rotatable bonds is 6. The number of carbonyl (C=O) groups is 4. The molecule has 1 saturated carbocycles. The monoisotopic (exact) mass is 655 g/mol. The number of ketones is 2. The number of amides is 2. The van der Waals surface area contributed by atoms with Gasteiger partial charge in [0.05, 0.1) is 23.8 Å². The van der Waals surface area contributed by atoms with Gasteiger partial charge in [-0.15, -0.1) is 24.8 Å². The van der Waals surface area contributed by atoms with Crippen LogP contribution in [0, 0.1) is 11.8 Å². The van der Waals surface area contributed by atoms with E-state index in [1.165, 1.54) is 4.90 Å². The average Bonchev–Trinajstić information content (AvgIpc) is 3.40. The first kappa shape index (κ1) is 35.1. The molecule has 4 atom stereocenters. The van der Waals surface area contributed by atoms with Gasteiger partial charge in [0.1, 0.15) is 22.8 Å². The number of hydrogen-bond acceptors (Lipinski definition) is 11. The zero-order chi connectivity index (χ0) is 30.8. The Morgan fingerprint density at radius 2 is 1.70 bits per heavy atom. The fourth-order valence-electron chi connectivity index (χ4n) is 7.12. The van der Waals surface area contributed by atoms with Crippen molar-refractivity contribution in [2.75, 3.05) is 58.0 Å². The zero-order valence-electron chi connectivity index (χ0n) is 24.9. The standard InChI is InChI=1S/C29H37N5O8.2ClH/c1-32(2)17-11-16(31-18(35)12-34-7-5-6-8-34)23(36)20-14(17)9-13-10-15-22(33(3)4)25(38)21(28(30)41)27(40)29(15,42)26(39)19(13)24(20)37;;/h11,13,15,22,36-37,40,42H,5-10,12H2,1-4H3,(H2,30,41)(H,31,35);2*1H/t13?,15?,22-,29-;;/m0../s1. The molecule has 7 N–H and O–H groups in total. The smallest absolute Gasteiger partial charge is 0.255 e. The number of aliphatic hydroxyl groups is 3. The lowest BCUT2D eigenvalue weighted by molar-refractivity contribution is -0.153. The molecule has 0 aromatic heterocycles. The number of anilines is 2. The van der Waals surface area contributed by atoms with Crippen molar-refractivity contribution in [1.82, 2.24) is 9.80 Å². The highest BCUT2D eigenvalue weighted by molar-refractivity contribution is 6.24. The topological polar surface area (TPSA) is 197 Å². The number of aromatic hydroxyl groups is 1. The fourth-order valence-corrected chi connectivity index (χ4v) is 7.12. The van der Waals surface area contributed by atoms with Gasteiger partial charge in [-0.2, -0.15) is 0 Å². The highest BCUT2D eigenvalue weighted by atomic mass is 35.5. The number of nitrogens with two attached hydrogens (primary N) is 1. The van der Waals surface area contributed by atoms with E-state index in [0.717, 1.165) is 25.9 Å². The number of likely N-dealkylation sites (tertiary alicyclic amines) is 1. The number of nitrogens with zero attached hydrogens (tertiary/aromatic N) is 3. The van der Waals surface area contributed by atoms with Gasteiger partial charge in [-0.25, -0.2) is 0 Å². The van der Waals surface area contributed by atoms with E-state index in [2.05, 4.69) is 5.32 Å². The third kappa shape index (κ3) is 5.30. The lowest BCUT2D eigenvalue weighted by atomic mass is 9.57. The summed E-state index contributed by atoms with van der Waals surface area (Å²) in [6.45, 7) is 1.73. The maximum atomic E-state index is 14.1. The molecule has 0 radical (unpaired) electrons. The molecular weight excluding hydrogens is 617 g/mol. The molecule has 2 fully saturated rings. The minimum absolute atomic E-state index is 0. The van der Waals surface area contributed by atoms with Gasteiger partial charge in [0.2, 0.25) is 11.7 Å². The quantitative estimate of drug-likeness (QED) is 0.188. The Kier molecular flexibility index (Phi) is 10.0. The molecule has 1 heterocycles. The van der Waals surface area contributed by atoms with Gasteiger partial charge < -0.3 is 36.4 Å². The largest absolute Gasteiger partial charge is 0.508 e. The molecule has 1 aromatic rings. The lowest BCUT2D eigenvalue weighted by Gasteiger charge is -2.50. The molecule has 2 unspecified atom stereocenters. The minimum Gasteiger partial charge on any atom is -0.508 e. The van der Waals surface area contributed by atoms with Crippen molar-refractivity contribution in [3.05, 3.63) is 34.1 Å². The third-order valence-electron chi connectivity index (χ3n) is 9.02. The van der Waals surface area contributed by atoms with Crippen molar-refractivity contribution in [3.63, 3.8) is 0 Å². The van der Waals surface area contributed by atoms with Crippen molar-refractivity contribution in [2.45, 2.75) is 37.3 Å². The number of Topliss-reactive ketones (excluding diaryl/α,β-unsaturated/α-hetero) is 2. The van der Waals surface area contributed by atoms with Gasteiger partial charge in [-0.05, 0) is 70.4 Å². The Bertz CT molecular complexity index is 1470. The Morgan fingerprint density at radius 1 is 1.09 bits per heavy atom. The lowest BCUT2D eigenvalue weighted by Crippen LogP contribution is -2.65. The first-order valence-electron chi connectivity index (χ1n) is 13.9. The molecule has 1 aliphatic heterocycles. The van der Waals surface area contributed by atoms with Crippen LogP contribution < -0.4 is 16.0 Å². The summed E-state index contributed by atoms with van der Waals surface area (Å²) in [4.78, 5) is 57.5. The van der Waals surface area contributed by atoms with Gasteiger partial charge in [0, 0.05) is 31.3 Å². The number of phenolic OH excluding ortho intramolecular Hbond substituents is 1. The van der Waals surface area contributed by atoms with E-state index in [4.69, 9.17) is 5.73 Å². The number of carbonyl (C=O) groups excluding carboxylic acids is 4. The van der Waals surface area contributed by atoms with Crippen molar-refractivity contribution < 1.29 is 39.6 Å². The molecule has 13 nitrogen and oxygen atoms in total. The second-order valence-electron chi connectivity index (χ2n) is 12.0. The summed E-state index contributed by atoms with van der Waals surface area (Å²) >= 11 is 0. The molecule has 3 aliphatic carbocycles. The summed E-state index contributed by atoms with van der Waals surface area (Å²) in [6.07, 6.45) is 2.15. The van der Waals surface area contributed by atoms with E-state index in [-0.39, 0.29) is 66.9 Å². The van der Waals surface area contributed by atoms with Crippen LogP contribution in [-0.4, -0.2) is 113 Å². The Balaban J connectivity index is 0.00000264. The van der Waals surface area contributed by atoms with Gasteiger partial charge in [-0.1, -0.05) is 0 Å². The van der Waals surface area contributed by atoms with Crippen LogP contribution in [0.1, 0.15) is 30.4 Å². The summed E-state index contributed by atoms with van der Waals surface area (Å²) in [5.41, 5.74) is 2.62. The molecule has 242 valence electrons. The van der Waals surface area contributed by atoms with Crippen molar-refractivity contribution >= 4 is 65.3 Å². The van der Waals surface area contributed by atoms with Crippen molar-refractivity contribution in [1.29, 1.82) is 0 Å². The molecule has 2 amide bonds. The second-order valence-corrected chi connectivity index (χ2v) is 12.0. The molecule has 0 bridgehead atoms. The van der Waals surface area contributed by atoms with E-state index in [1.807, 2.05) is 4.90 Å². The summed E-state index contributed by atoms with van der Waals surface area (Å²) in [7, 11) is 6.63. The van der Waals surface area contributed by atoms with Crippen LogP contribution in [0.3, 0.4) is 0 Å². The van der Waals surface area contributed by atoms with Crippen LogP contribution in [0.2, 0.25) is 0 Å². The van der Waals surface area contributed by atoms with Crippen LogP contribution >= 0.6 is 24.8 Å². The molecule has 1 aromatic carbocycles. The number of aliphatic hydroxyl groups excluding tert-OH is 2. The Hall–Kier alpha value is -3.36. The number of phenols is 1. The zero-order valence-corrected chi connectivity index (χ0v) is 26.5. The molecule has 1 saturated heterocycles. The van der Waals surface area contributed by atoms with Crippen molar-refractivity contribution in [3.8, 4) is 5.75 Å². The number of halogens is 2. The summed E-state index contributed by atoms with van der Waals surface area (Å²) in [5, 5.41) is 48.4. The minimum atomic E-state index is -2.72. The predicted molar refractivity (Wildman–Crippen MR) is 167 cm³/mol. The molecule has 15 heteroatoms. The predicted octanol–water partition coefficient (Wildman–Crippen LogP) is 0.908. The molecule has 4 aliphatic rings. The summed E-state index contributed by atoms with van der Waals surface area (Å²) < 4.78 is 0. The molecule has 44 heavy (non-hydrogen) atoms. The van der Waals surface area contributed by atoms with E-state index >= 15 is 0 Å². The number of nitrogens with one attached hydrogen (secondary N) is 1. The number of benzene rings is 1. The second kappa shape index (κ2) is 12.6. The van der Waals surface area contributed by atoms with Crippen LogP contribution in [-0.2, 0) is 25.6 Å². The third-order valence-corrected chi connectivity index (χ3v) is 9.02. The van der Waals surface area contributed by atoms with Crippen LogP contribution in [0.25, 0.3) is 5.76 Å². The number of hydrogen-bond donors (Lipinski definition) is 6. The maximum Gasteiger partial charge on any atom is 0.255 e.